The number of thioether (sulfide) groups is 1. The molecule has 0 fully saturated rings. The van der Waals surface area contributed by atoms with Gasteiger partial charge in [0.25, 0.3) is 0 Å². The summed E-state index contributed by atoms with van der Waals surface area (Å²) in [5, 5.41) is 7.39. The van der Waals surface area contributed by atoms with Gasteiger partial charge in [-0.05, 0) is 6.42 Å². The van der Waals surface area contributed by atoms with Crippen LogP contribution in [0.3, 0.4) is 0 Å². The van der Waals surface area contributed by atoms with Crippen LogP contribution in [0.5, 0.6) is 0 Å². The lowest BCUT2D eigenvalue weighted by atomic mass is 10.3. The van der Waals surface area contributed by atoms with E-state index in [2.05, 4.69) is 49.0 Å². The van der Waals surface area contributed by atoms with Gasteiger partial charge < -0.3 is 5.32 Å². The van der Waals surface area contributed by atoms with Gasteiger partial charge >= 0.3 is 0 Å². The Kier molecular flexibility index (Phi) is 4.70. The molecule has 0 amide bonds. The van der Waals surface area contributed by atoms with Crippen molar-refractivity contribution in [3.8, 4) is 0 Å². The topological polar surface area (TPSA) is 29.3 Å². The third-order valence-electron chi connectivity index (χ3n) is 2.89. The van der Waals surface area contributed by atoms with Crippen LogP contribution in [0.25, 0.3) is 4.96 Å². The van der Waals surface area contributed by atoms with Gasteiger partial charge in [-0.15, -0.1) is 23.1 Å². The summed E-state index contributed by atoms with van der Waals surface area (Å²) in [6.45, 7) is 9.72. The molecule has 0 saturated heterocycles. The first-order chi connectivity index (χ1) is 8.61. The summed E-state index contributed by atoms with van der Waals surface area (Å²) in [4.78, 5) is 5.84. The monoisotopic (exact) mass is 283 g/mol. The van der Waals surface area contributed by atoms with Gasteiger partial charge in [-0.1, -0.05) is 27.7 Å². The van der Waals surface area contributed by atoms with Crippen molar-refractivity contribution in [1.82, 2.24) is 14.7 Å². The molecule has 5 heteroatoms. The molecule has 2 aromatic heterocycles. The number of aromatic nitrogens is 2. The molecule has 0 aromatic carbocycles. The number of rotatable bonds is 6. The molecule has 1 atom stereocenters. The minimum Gasteiger partial charge on any atom is -0.309 e. The Morgan fingerprint density at radius 2 is 2.22 bits per heavy atom. The molecule has 0 radical (unpaired) electrons. The molecule has 2 rings (SSSR count). The first-order valence-electron chi connectivity index (χ1n) is 6.46. The van der Waals surface area contributed by atoms with E-state index < -0.39 is 0 Å². The molecule has 100 valence electrons. The van der Waals surface area contributed by atoms with Crippen LogP contribution < -0.4 is 5.32 Å². The maximum atomic E-state index is 4.74. The zero-order valence-corrected chi connectivity index (χ0v) is 13.1. The van der Waals surface area contributed by atoms with Gasteiger partial charge in [-0.2, -0.15) is 0 Å². The van der Waals surface area contributed by atoms with E-state index in [4.69, 9.17) is 4.98 Å². The zero-order valence-electron chi connectivity index (χ0n) is 11.4. The third-order valence-corrected chi connectivity index (χ3v) is 4.93. The van der Waals surface area contributed by atoms with E-state index in [9.17, 15) is 0 Å². The summed E-state index contributed by atoms with van der Waals surface area (Å²) < 4.78 is 2.21. The summed E-state index contributed by atoms with van der Waals surface area (Å²) >= 11 is 3.59. The second-order valence-electron chi connectivity index (χ2n) is 4.79. The van der Waals surface area contributed by atoms with Crippen molar-refractivity contribution in [2.24, 2.45) is 0 Å². The van der Waals surface area contributed by atoms with Crippen molar-refractivity contribution in [2.75, 3.05) is 0 Å². The zero-order chi connectivity index (χ0) is 13.1. The number of hydrogen-bond acceptors (Lipinski definition) is 4. The summed E-state index contributed by atoms with van der Waals surface area (Å²) in [5.41, 5.74) is 1.30. The van der Waals surface area contributed by atoms with Crippen LogP contribution in [0.2, 0.25) is 0 Å². The Morgan fingerprint density at radius 1 is 1.44 bits per heavy atom. The maximum Gasteiger partial charge on any atom is 0.194 e. The van der Waals surface area contributed by atoms with Gasteiger partial charge in [0.1, 0.15) is 5.03 Å². The lowest BCUT2D eigenvalue weighted by Crippen LogP contribution is -2.23. The molecular formula is C13H21N3S2. The van der Waals surface area contributed by atoms with E-state index in [1.165, 1.54) is 17.1 Å². The Labute approximate surface area is 117 Å². The van der Waals surface area contributed by atoms with Gasteiger partial charge in [-0.25, -0.2) is 4.98 Å². The molecule has 0 bridgehead atoms. The SMILES string of the molecule is CCC(C)Sc1nc2sccn2c1CNC(C)C. The highest BCUT2D eigenvalue weighted by atomic mass is 32.2. The maximum absolute atomic E-state index is 4.74. The standard InChI is InChI=1S/C13H21N3S2/c1-5-10(4)18-12-11(8-14-9(2)3)16-6-7-17-13(16)15-12/h6-7,9-10,14H,5,8H2,1-4H3. The molecule has 0 saturated carbocycles. The average molecular weight is 283 g/mol. The second-order valence-corrected chi connectivity index (χ2v) is 7.09. The Bertz CT molecular complexity index is 501. The smallest absolute Gasteiger partial charge is 0.194 e. The predicted molar refractivity (Wildman–Crippen MR) is 80.7 cm³/mol. The van der Waals surface area contributed by atoms with Crippen LogP contribution in [-0.2, 0) is 6.54 Å². The van der Waals surface area contributed by atoms with Crippen molar-refractivity contribution in [1.29, 1.82) is 0 Å². The predicted octanol–water partition coefficient (Wildman–Crippen LogP) is 3.78. The van der Waals surface area contributed by atoms with E-state index in [0.717, 1.165) is 11.5 Å². The molecule has 1 unspecified atom stereocenters. The van der Waals surface area contributed by atoms with Crippen molar-refractivity contribution in [2.45, 2.75) is 57.0 Å². The van der Waals surface area contributed by atoms with E-state index in [0.29, 0.717) is 11.3 Å². The van der Waals surface area contributed by atoms with Crippen molar-refractivity contribution in [3.63, 3.8) is 0 Å². The Hall–Kier alpha value is -0.520. The molecule has 0 spiro atoms. The molecule has 2 aromatic rings. The van der Waals surface area contributed by atoms with E-state index in [-0.39, 0.29) is 0 Å². The Morgan fingerprint density at radius 3 is 2.89 bits per heavy atom. The number of hydrogen-bond donors (Lipinski definition) is 1. The van der Waals surface area contributed by atoms with Gasteiger partial charge in [0.15, 0.2) is 4.96 Å². The number of thiazole rings is 1. The van der Waals surface area contributed by atoms with E-state index in [1.54, 1.807) is 11.3 Å². The van der Waals surface area contributed by atoms with Crippen LogP contribution in [0, 0.1) is 0 Å². The van der Waals surface area contributed by atoms with Crippen LogP contribution >= 0.6 is 23.1 Å². The van der Waals surface area contributed by atoms with Gasteiger partial charge in [0, 0.05) is 29.4 Å². The first kappa shape index (κ1) is 13.9. The lowest BCUT2D eigenvalue weighted by Gasteiger charge is -2.11. The fourth-order valence-corrected chi connectivity index (χ4v) is 3.43. The molecule has 0 aliphatic carbocycles. The van der Waals surface area contributed by atoms with Crippen molar-refractivity contribution >= 4 is 28.1 Å². The van der Waals surface area contributed by atoms with Crippen molar-refractivity contribution < 1.29 is 0 Å². The van der Waals surface area contributed by atoms with Crippen LogP contribution in [0.1, 0.15) is 39.8 Å². The van der Waals surface area contributed by atoms with Gasteiger partial charge in [0.05, 0.1) is 5.69 Å². The first-order valence-corrected chi connectivity index (χ1v) is 8.22. The highest BCUT2D eigenvalue weighted by Gasteiger charge is 2.15. The normalized spacial score (nSPS) is 13.6. The summed E-state index contributed by atoms with van der Waals surface area (Å²) in [7, 11) is 0. The summed E-state index contributed by atoms with van der Waals surface area (Å²) in [6, 6.07) is 0.496. The minimum atomic E-state index is 0.496. The number of fused-ring (bicyclic) bond motifs is 1. The average Bonchev–Trinajstić information content (AvgIpc) is 2.87. The fourth-order valence-electron chi connectivity index (χ4n) is 1.64. The molecule has 0 aliphatic rings. The largest absolute Gasteiger partial charge is 0.309 e. The molecule has 3 nitrogen and oxygen atoms in total. The lowest BCUT2D eigenvalue weighted by molar-refractivity contribution is 0.574. The van der Waals surface area contributed by atoms with E-state index >= 15 is 0 Å². The van der Waals surface area contributed by atoms with Gasteiger partial charge in [-0.3, -0.25) is 4.40 Å². The van der Waals surface area contributed by atoms with E-state index in [1.807, 2.05) is 11.8 Å². The Balaban J connectivity index is 2.26. The fraction of sp³-hybridized carbons (Fsp3) is 0.615. The third kappa shape index (κ3) is 3.08. The van der Waals surface area contributed by atoms with Crippen LogP contribution in [0.4, 0.5) is 0 Å². The molecule has 2 heterocycles. The quantitative estimate of drug-likeness (QED) is 0.818. The highest BCUT2D eigenvalue weighted by Crippen LogP contribution is 2.30. The number of nitrogens with zero attached hydrogens (tertiary/aromatic N) is 2. The van der Waals surface area contributed by atoms with Gasteiger partial charge in [0.2, 0.25) is 0 Å². The highest BCUT2D eigenvalue weighted by molar-refractivity contribution is 7.99. The second kappa shape index (κ2) is 6.08. The summed E-state index contributed by atoms with van der Waals surface area (Å²) in [6.07, 6.45) is 3.29. The molecular weight excluding hydrogens is 262 g/mol. The molecule has 18 heavy (non-hydrogen) atoms. The number of nitrogens with one attached hydrogen (secondary N) is 1. The molecule has 1 N–H and O–H groups in total. The summed E-state index contributed by atoms with van der Waals surface area (Å²) in [5.74, 6) is 0. The van der Waals surface area contributed by atoms with Crippen LogP contribution in [-0.4, -0.2) is 20.7 Å². The van der Waals surface area contributed by atoms with Crippen molar-refractivity contribution in [3.05, 3.63) is 17.3 Å². The number of imidazole rings is 1. The molecule has 0 aliphatic heterocycles. The minimum absolute atomic E-state index is 0.496. The van der Waals surface area contributed by atoms with Crippen LogP contribution in [0.15, 0.2) is 16.6 Å².